The molecule has 5 nitrogen and oxygen atoms in total. The highest BCUT2D eigenvalue weighted by Gasteiger charge is 2.34. The van der Waals surface area contributed by atoms with E-state index < -0.39 is 23.1 Å². The lowest BCUT2D eigenvalue weighted by Crippen LogP contribution is -2.58. The maximum absolute atomic E-state index is 11.6. The van der Waals surface area contributed by atoms with Crippen LogP contribution in [0.2, 0.25) is 0 Å². The lowest BCUT2D eigenvalue weighted by atomic mass is 9.96. The summed E-state index contributed by atoms with van der Waals surface area (Å²) in [6, 6.07) is -0.577. The van der Waals surface area contributed by atoms with E-state index in [1.165, 1.54) is 6.92 Å². The normalized spacial score (nSPS) is 14.3. The second kappa shape index (κ2) is 5.58. The smallest absolute Gasteiger partial charge is 0.329 e. The second-order valence-corrected chi connectivity index (χ2v) is 4.74. The summed E-state index contributed by atoms with van der Waals surface area (Å²) < 4.78 is 0. The minimum absolute atomic E-state index is 0.353. The highest BCUT2D eigenvalue weighted by Crippen LogP contribution is 2.12. The maximum atomic E-state index is 11.6. The van der Waals surface area contributed by atoms with Gasteiger partial charge in [-0.05, 0) is 27.2 Å². The van der Waals surface area contributed by atoms with E-state index in [1.807, 2.05) is 6.92 Å². The Labute approximate surface area is 102 Å². The Morgan fingerprint density at radius 3 is 2.18 bits per heavy atom. The molecule has 3 N–H and O–H groups in total. The molecule has 0 aliphatic heterocycles. The predicted molar refractivity (Wildman–Crippen MR) is 65.5 cm³/mol. The Balaban J connectivity index is 4.65. The van der Waals surface area contributed by atoms with Crippen LogP contribution in [0.25, 0.3) is 0 Å². The zero-order chi connectivity index (χ0) is 13.7. The van der Waals surface area contributed by atoms with E-state index >= 15 is 0 Å². The van der Waals surface area contributed by atoms with Crippen LogP contribution in [0.5, 0.6) is 0 Å². The number of aliphatic carboxylic acids is 1. The molecule has 5 heteroatoms. The molecule has 0 fully saturated rings. The number of hydrogen-bond donors (Lipinski definition) is 3. The zero-order valence-corrected chi connectivity index (χ0v) is 10.8. The van der Waals surface area contributed by atoms with Gasteiger partial charge in [0.1, 0.15) is 5.54 Å². The van der Waals surface area contributed by atoms with Crippen LogP contribution >= 0.6 is 0 Å². The minimum Gasteiger partial charge on any atom is -0.480 e. The van der Waals surface area contributed by atoms with Gasteiger partial charge in [-0.25, -0.2) is 9.59 Å². The van der Waals surface area contributed by atoms with Crippen molar-refractivity contribution in [1.82, 2.24) is 10.6 Å². The van der Waals surface area contributed by atoms with E-state index in [4.69, 9.17) is 11.5 Å². The first-order chi connectivity index (χ1) is 7.67. The van der Waals surface area contributed by atoms with Gasteiger partial charge >= 0.3 is 12.0 Å². The Bertz CT molecular complexity index is 344. The molecule has 0 aliphatic rings. The molecular weight excluding hydrogens is 220 g/mol. The fourth-order valence-corrected chi connectivity index (χ4v) is 1.32. The first-order valence-corrected chi connectivity index (χ1v) is 5.48. The molecular formula is C12H20N2O3. The van der Waals surface area contributed by atoms with Crippen molar-refractivity contribution in [1.29, 1.82) is 0 Å². The van der Waals surface area contributed by atoms with Gasteiger partial charge in [0.05, 0.1) is 5.54 Å². The number of hydrogen-bond acceptors (Lipinski definition) is 2. The van der Waals surface area contributed by atoms with E-state index in [1.54, 1.807) is 13.8 Å². The Morgan fingerprint density at radius 2 is 1.82 bits per heavy atom. The molecule has 1 unspecified atom stereocenters. The standard InChI is InChI=1S/C12H20N2O3/c1-6-8-12(5,9(15)16)14-10(17)13-11(3,4)7-2/h2H,6,8H2,1,3-5H3,(H,15,16)(H2,13,14,17). The summed E-state index contributed by atoms with van der Waals surface area (Å²) in [5.74, 6) is 1.34. The van der Waals surface area contributed by atoms with Crippen LogP contribution in [-0.2, 0) is 4.79 Å². The van der Waals surface area contributed by atoms with E-state index in [2.05, 4.69) is 16.6 Å². The van der Waals surface area contributed by atoms with Gasteiger partial charge in [-0.15, -0.1) is 6.42 Å². The molecule has 0 aliphatic carbocycles. The maximum Gasteiger partial charge on any atom is 0.329 e. The number of rotatable bonds is 5. The van der Waals surface area contributed by atoms with Gasteiger partial charge in [-0.2, -0.15) is 0 Å². The number of urea groups is 1. The number of terminal acetylenes is 1. The summed E-state index contributed by atoms with van der Waals surface area (Å²) in [5, 5.41) is 14.0. The van der Waals surface area contributed by atoms with Crippen LogP contribution in [0, 0.1) is 12.3 Å². The molecule has 0 spiro atoms. The average Bonchev–Trinajstić information content (AvgIpc) is 2.16. The van der Waals surface area contributed by atoms with Gasteiger partial charge in [0.15, 0.2) is 0 Å². The quantitative estimate of drug-likeness (QED) is 0.634. The first-order valence-electron chi connectivity index (χ1n) is 5.48. The molecule has 2 amide bonds. The molecule has 0 saturated carbocycles. The lowest BCUT2D eigenvalue weighted by molar-refractivity contribution is -0.144. The van der Waals surface area contributed by atoms with Crippen molar-refractivity contribution in [2.75, 3.05) is 0 Å². The third-order valence-corrected chi connectivity index (χ3v) is 2.40. The summed E-state index contributed by atoms with van der Waals surface area (Å²) in [6.45, 7) is 6.64. The molecule has 96 valence electrons. The van der Waals surface area contributed by atoms with Gasteiger partial charge in [-0.3, -0.25) is 0 Å². The summed E-state index contributed by atoms with van der Waals surface area (Å²) in [6.07, 6.45) is 6.24. The Kier molecular flexibility index (Phi) is 5.02. The summed E-state index contributed by atoms with van der Waals surface area (Å²) in [4.78, 5) is 22.7. The van der Waals surface area contributed by atoms with Crippen molar-refractivity contribution >= 4 is 12.0 Å². The van der Waals surface area contributed by atoms with Gasteiger partial charge in [-0.1, -0.05) is 19.3 Å². The fraction of sp³-hybridized carbons (Fsp3) is 0.667. The van der Waals surface area contributed by atoms with Gasteiger partial charge < -0.3 is 15.7 Å². The summed E-state index contributed by atoms with van der Waals surface area (Å²) >= 11 is 0. The second-order valence-electron chi connectivity index (χ2n) is 4.74. The minimum atomic E-state index is -1.27. The van der Waals surface area contributed by atoms with Crippen LogP contribution in [0.3, 0.4) is 0 Å². The van der Waals surface area contributed by atoms with Crippen LogP contribution in [0.4, 0.5) is 4.79 Å². The zero-order valence-electron chi connectivity index (χ0n) is 10.8. The number of carbonyl (C=O) groups excluding carboxylic acids is 1. The number of carboxylic acid groups (broad SMARTS) is 1. The summed E-state index contributed by atoms with van der Waals surface area (Å²) in [7, 11) is 0. The molecule has 0 saturated heterocycles. The Hall–Kier alpha value is -1.70. The molecule has 0 rings (SSSR count). The highest BCUT2D eigenvalue weighted by atomic mass is 16.4. The third kappa shape index (κ3) is 4.77. The lowest BCUT2D eigenvalue weighted by Gasteiger charge is -2.28. The largest absolute Gasteiger partial charge is 0.480 e. The Morgan fingerprint density at radius 1 is 1.29 bits per heavy atom. The highest BCUT2D eigenvalue weighted by molar-refractivity contribution is 5.86. The third-order valence-electron chi connectivity index (χ3n) is 2.40. The first kappa shape index (κ1) is 15.3. The molecule has 0 radical (unpaired) electrons. The van der Waals surface area contributed by atoms with Crippen molar-refractivity contribution in [3.63, 3.8) is 0 Å². The van der Waals surface area contributed by atoms with E-state index in [9.17, 15) is 9.59 Å². The van der Waals surface area contributed by atoms with Crippen molar-refractivity contribution in [2.45, 2.75) is 51.6 Å². The van der Waals surface area contributed by atoms with Gasteiger partial charge in [0, 0.05) is 0 Å². The fourth-order valence-electron chi connectivity index (χ4n) is 1.32. The summed E-state index contributed by atoms with van der Waals surface area (Å²) in [5.41, 5.74) is -2.08. The van der Waals surface area contributed by atoms with Crippen LogP contribution in [0.15, 0.2) is 0 Å². The molecule has 0 bridgehead atoms. The van der Waals surface area contributed by atoms with Crippen molar-refractivity contribution in [3.8, 4) is 12.3 Å². The number of carboxylic acids is 1. The van der Waals surface area contributed by atoms with Crippen LogP contribution < -0.4 is 10.6 Å². The SMILES string of the molecule is C#CC(C)(C)NC(=O)NC(C)(CCC)C(=O)O. The van der Waals surface area contributed by atoms with E-state index in [-0.39, 0.29) is 0 Å². The van der Waals surface area contributed by atoms with Gasteiger partial charge in [0.25, 0.3) is 0 Å². The van der Waals surface area contributed by atoms with Crippen LogP contribution in [0.1, 0.15) is 40.5 Å². The monoisotopic (exact) mass is 240 g/mol. The van der Waals surface area contributed by atoms with Crippen molar-refractivity contribution in [2.24, 2.45) is 0 Å². The molecule has 0 aromatic heterocycles. The number of amides is 2. The topological polar surface area (TPSA) is 78.4 Å². The van der Waals surface area contributed by atoms with Crippen molar-refractivity contribution in [3.05, 3.63) is 0 Å². The van der Waals surface area contributed by atoms with E-state index in [0.717, 1.165) is 0 Å². The van der Waals surface area contributed by atoms with Crippen LogP contribution in [-0.4, -0.2) is 28.2 Å². The van der Waals surface area contributed by atoms with E-state index in [0.29, 0.717) is 12.8 Å². The molecule has 0 heterocycles. The molecule has 17 heavy (non-hydrogen) atoms. The molecule has 0 aromatic rings. The number of nitrogens with one attached hydrogen (secondary N) is 2. The van der Waals surface area contributed by atoms with Crippen molar-refractivity contribution < 1.29 is 14.7 Å². The average molecular weight is 240 g/mol. The molecule has 1 atom stereocenters. The predicted octanol–water partition coefficient (Wildman–Crippen LogP) is 1.34. The van der Waals surface area contributed by atoms with Gasteiger partial charge in [0.2, 0.25) is 0 Å². The number of carbonyl (C=O) groups is 2. The molecule has 0 aromatic carbocycles.